The first-order valence-electron chi connectivity index (χ1n) is 8.47. The van der Waals surface area contributed by atoms with Crippen LogP contribution < -0.4 is 0 Å². The van der Waals surface area contributed by atoms with Gasteiger partial charge in [-0.1, -0.05) is 97.1 Å². The molecule has 4 aromatic carbocycles. The second kappa shape index (κ2) is 5.64. The van der Waals surface area contributed by atoms with E-state index >= 15 is 0 Å². The Morgan fingerprint density at radius 2 is 1.04 bits per heavy atom. The number of furan rings is 1. The van der Waals surface area contributed by atoms with Gasteiger partial charge in [-0.25, -0.2) is 0 Å². The zero-order valence-electron chi connectivity index (χ0n) is 13.6. The molecule has 0 bridgehead atoms. The standard InChI is InChI=1S/C24H16O/c1-2-10-18(11-3-1)23-21-14-6-7-15-22(21)24(25-23)20-16-8-12-17-9-4-5-13-19(17)20/h1-16H. The Morgan fingerprint density at radius 3 is 1.84 bits per heavy atom. The molecule has 5 rings (SSSR count). The fraction of sp³-hybridized carbons (Fsp3) is 0. The number of benzene rings is 4. The first-order valence-corrected chi connectivity index (χ1v) is 8.47. The van der Waals surface area contributed by atoms with Crippen molar-refractivity contribution in [2.75, 3.05) is 0 Å². The van der Waals surface area contributed by atoms with Crippen molar-refractivity contribution in [3.05, 3.63) is 97.1 Å². The van der Waals surface area contributed by atoms with Gasteiger partial charge in [-0.15, -0.1) is 0 Å². The molecule has 0 saturated carbocycles. The summed E-state index contributed by atoms with van der Waals surface area (Å²) in [5, 5.41) is 4.74. The predicted molar refractivity (Wildman–Crippen MR) is 105 cm³/mol. The Labute approximate surface area is 146 Å². The first-order chi connectivity index (χ1) is 12.4. The molecule has 5 aromatic rings. The van der Waals surface area contributed by atoms with Gasteiger partial charge in [0.2, 0.25) is 0 Å². The average Bonchev–Trinajstić information content (AvgIpc) is 3.08. The number of hydrogen-bond donors (Lipinski definition) is 0. The van der Waals surface area contributed by atoms with Crippen LogP contribution in [-0.4, -0.2) is 0 Å². The molecule has 0 spiro atoms. The summed E-state index contributed by atoms with van der Waals surface area (Å²) in [7, 11) is 0. The highest BCUT2D eigenvalue weighted by atomic mass is 16.3. The molecule has 1 aromatic heterocycles. The molecule has 0 N–H and O–H groups in total. The maximum absolute atomic E-state index is 6.45. The van der Waals surface area contributed by atoms with Crippen molar-refractivity contribution >= 4 is 21.5 Å². The van der Waals surface area contributed by atoms with Crippen molar-refractivity contribution in [2.24, 2.45) is 0 Å². The van der Waals surface area contributed by atoms with E-state index in [9.17, 15) is 0 Å². The normalized spacial score (nSPS) is 11.2. The SMILES string of the molecule is c1ccc(-c2oc(-c3cccc4ccccc34)c3ccccc23)cc1. The van der Waals surface area contributed by atoms with Crippen LogP contribution in [0.1, 0.15) is 0 Å². The van der Waals surface area contributed by atoms with Gasteiger partial charge < -0.3 is 4.42 Å². The van der Waals surface area contributed by atoms with Gasteiger partial charge in [0, 0.05) is 21.9 Å². The first kappa shape index (κ1) is 14.1. The predicted octanol–water partition coefficient (Wildman–Crippen LogP) is 6.92. The lowest BCUT2D eigenvalue weighted by molar-refractivity contribution is 0.602. The van der Waals surface area contributed by atoms with Gasteiger partial charge in [-0.2, -0.15) is 0 Å². The summed E-state index contributed by atoms with van der Waals surface area (Å²) < 4.78 is 6.45. The van der Waals surface area contributed by atoms with E-state index < -0.39 is 0 Å². The summed E-state index contributed by atoms with van der Waals surface area (Å²) in [6, 6.07) is 33.5. The molecule has 0 aliphatic rings. The van der Waals surface area contributed by atoms with Crippen molar-refractivity contribution < 1.29 is 4.42 Å². The number of fused-ring (bicyclic) bond motifs is 2. The molecule has 25 heavy (non-hydrogen) atoms. The Bertz CT molecular complexity index is 1180. The smallest absolute Gasteiger partial charge is 0.143 e. The minimum Gasteiger partial charge on any atom is -0.455 e. The molecule has 1 heteroatoms. The summed E-state index contributed by atoms with van der Waals surface area (Å²) in [6.45, 7) is 0. The Morgan fingerprint density at radius 1 is 0.440 bits per heavy atom. The van der Waals surface area contributed by atoms with E-state index in [0.717, 1.165) is 33.4 Å². The van der Waals surface area contributed by atoms with Crippen LogP contribution in [0.25, 0.3) is 44.2 Å². The average molecular weight is 320 g/mol. The fourth-order valence-electron chi connectivity index (χ4n) is 3.52. The lowest BCUT2D eigenvalue weighted by atomic mass is 10.00. The quantitative estimate of drug-likeness (QED) is 0.344. The lowest BCUT2D eigenvalue weighted by Crippen LogP contribution is -1.79. The van der Waals surface area contributed by atoms with Gasteiger partial charge >= 0.3 is 0 Å². The third-order valence-corrected chi connectivity index (χ3v) is 4.69. The zero-order valence-corrected chi connectivity index (χ0v) is 13.6. The summed E-state index contributed by atoms with van der Waals surface area (Å²) in [5.41, 5.74) is 2.24. The fourth-order valence-corrected chi connectivity index (χ4v) is 3.52. The van der Waals surface area contributed by atoms with Crippen LogP contribution in [0.4, 0.5) is 0 Å². The molecule has 1 heterocycles. The Balaban J connectivity index is 1.86. The van der Waals surface area contributed by atoms with E-state index in [-0.39, 0.29) is 0 Å². The summed E-state index contributed by atoms with van der Waals surface area (Å²) >= 11 is 0. The minimum absolute atomic E-state index is 0.930. The van der Waals surface area contributed by atoms with E-state index in [1.165, 1.54) is 10.8 Å². The topological polar surface area (TPSA) is 13.1 Å². The van der Waals surface area contributed by atoms with E-state index in [2.05, 4.69) is 78.9 Å². The van der Waals surface area contributed by atoms with Gasteiger partial charge in [0.15, 0.2) is 0 Å². The maximum atomic E-state index is 6.45. The molecular weight excluding hydrogens is 304 g/mol. The van der Waals surface area contributed by atoms with Gasteiger partial charge in [0.1, 0.15) is 11.5 Å². The van der Waals surface area contributed by atoms with Crippen LogP contribution in [-0.2, 0) is 0 Å². The third-order valence-electron chi connectivity index (χ3n) is 4.69. The third kappa shape index (κ3) is 2.25. The van der Waals surface area contributed by atoms with Crippen molar-refractivity contribution in [1.82, 2.24) is 0 Å². The van der Waals surface area contributed by atoms with Crippen LogP contribution in [0.3, 0.4) is 0 Å². The molecule has 0 unspecified atom stereocenters. The van der Waals surface area contributed by atoms with Gasteiger partial charge in [0.25, 0.3) is 0 Å². The van der Waals surface area contributed by atoms with Crippen LogP contribution in [0.2, 0.25) is 0 Å². The highest BCUT2D eigenvalue weighted by Gasteiger charge is 2.17. The van der Waals surface area contributed by atoms with Crippen LogP contribution >= 0.6 is 0 Å². The van der Waals surface area contributed by atoms with Crippen LogP contribution in [0, 0.1) is 0 Å². The molecule has 1 nitrogen and oxygen atoms in total. The highest BCUT2D eigenvalue weighted by Crippen LogP contribution is 2.41. The zero-order chi connectivity index (χ0) is 16.6. The molecule has 0 aliphatic carbocycles. The summed E-state index contributed by atoms with van der Waals surface area (Å²) in [4.78, 5) is 0. The second-order valence-corrected chi connectivity index (χ2v) is 6.20. The molecule has 0 fully saturated rings. The van der Waals surface area contributed by atoms with Crippen molar-refractivity contribution in [3.8, 4) is 22.6 Å². The van der Waals surface area contributed by atoms with E-state index in [1.54, 1.807) is 0 Å². The Hall–Kier alpha value is -3.32. The highest BCUT2D eigenvalue weighted by molar-refractivity contribution is 6.07. The summed E-state index contributed by atoms with van der Waals surface area (Å²) in [5.74, 6) is 1.87. The monoisotopic (exact) mass is 320 g/mol. The molecule has 118 valence electrons. The van der Waals surface area contributed by atoms with E-state index in [4.69, 9.17) is 4.42 Å². The second-order valence-electron chi connectivity index (χ2n) is 6.20. The van der Waals surface area contributed by atoms with Crippen LogP contribution in [0.15, 0.2) is 101 Å². The van der Waals surface area contributed by atoms with Crippen molar-refractivity contribution in [1.29, 1.82) is 0 Å². The molecule has 0 atom stereocenters. The van der Waals surface area contributed by atoms with Crippen LogP contribution in [0.5, 0.6) is 0 Å². The van der Waals surface area contributed by atoms with E-state index in [1.807, 2.05) is 18.2 Å². The Kier molecular flexibility index (Phi) is 3.17. The number of rotatable bonds is 2. The molecule has 0 aliphatic heterocycles. The lowest BCUT2D eigenvalue weighted by Gasteiger charge is -2.04. The van der Waals surface area contributed by atoms with Gasteiger partial charge in [0.05, 0.1) is 0 Å². The molecule has 0 radical (unpaired) electrons. The molecular formula is C24H16O. The number of hydrogen-bond acceptors (Lipinski definition) is 1. The summed E-state index contributed by atoms with van der Waals surface area (Å²) in [6.07, 6.45) is 0. The van der Waals surface area contributed by atoms with Gasteiger partial charge in [-0.3, -0.25) is 0 Å². The van der Waals surface area contributed by atoms with Crippen molar-refractivity contribution in [2.45, 2.75) is 0 Å². The van der Waals surface area contributed by atoms with Crippen molar-refractivity contribution in [3.63, 3.8) is 0 Å². The van der Waals surface area contributed by atoms with Gasteiger partial charge in [-0.05, 0) is 10.8 Å². The maximum Gasteiger partial charge on any atom is 0.143 e. The molecule has 0 saturated heterocycles. The largest absolute Gasteiger partial charge is 0.455 e. The van der Waals surface area contributed by atoms with E-state index in [0.29, 0.717) is 0 Å². The molecule has 0 amide bonds. The minimum atomic E-state index is 0.930.